The van der Waals surface area contributed by atoms with Gasteiger partial charge in [-0.15, -0.1) is 10.2 Å². The third-order valence-corrected chi connectivity index (χ3v) is 6.89. The summed E-state index contributed by atoms with van der Waals surface area (Å²) < 4.78 is 3.68. The number of rotatable bonds is 8. The first-order valence-electron chi connectivity index (χ1n) is 11.5. The first-order valence-corrected chi connectivity index (χ1v) is 12.3. The minimum absolute atomic E-state index is 0.278. The molecular weight excluding hydrogens is 458 g/mol. The van der Waals surface area contributed by atoms with Gasteiger partial charge in [-0.1, -0.05) is 30.7 Å². The monoisotopic (exact) mass is 485 g/mol. The third-order valence-electron chi connectivity index (χ3n) is 5.95. The molecule has 0 aliphatic rings. The van der Waals surface area contributed by atoms with Gasteiger partial charge in [0.1, 0.15) is 0 Å². The summed E-state index contributed by atoms with van der Waals surface area (Å²) in [5.41, 5.74) is 11.1. The van der Waals surface area contributed by atoms with Gasteiger partial charge in [-0.25, -0.2) is 4.98 Å². The molecule has 10 heteroatoms. The SMILES string of the molecule is CCCC(C=NC)c1cnc2ccc(Cc3nnc4sc(/C(N)=C/c5cncn5C)nn34)cc2c1. The van der Waals surface area contributed by atoms with Crippen LogP contribution >= 0.6 is 11.3 Å². The van der Waals surface area contributed by atoms with E-state index in [1.165, 1.54) is 16.9 Å². The summed E-state index contributed by atoms with van der Waals surface area (Å²) >= 11 is 1.41. The lowest BCUT2D eigenvalue weighted by Crippen LogP contribution is -2.02. The molecule has 0 saturated carbocycles. The van der Waals surface area contributed by atoms with Gasteiger partial charge in [-0.2, -0.15) is 9.61 Å². The van der Waals surface area contributed by atoms with E-state index in [-0.39, 0.29) is 5.92 Å². The number of aryl methyl sites for hydroxylation is 1. The Kier molecular flexibility index (Phi) is 6.37. The highest BCUT2D eigenvalue weighted by Crippen LogP contribution is 2.25. The number of aromatic nitrogens is 7. The van der Waals surface area contributed by atoms with Crippen molar-refractivity contribution in [2.75, 3.05) is 7.05 Å². The fourth-order valence-corrected chi connectivity index (χ4v) is 4.91. The van der Waals surface area contributed by atoms with Crippen LogP contribution in [0.2, 0.25) is 0 Å². The van der Waals surface area contributed by atoms with Crippen molar-refractivity contribution >= 4 is 45.2 Å². The van der Waals surface area contributed by atoms with Gasteiger partial charge in [0, 0.05) is 44.2 Å². The maximum absolute atomic E-state index is 6.31. The standard InChI is InChI=1S/C25H27N9S/c1-4-5-17(12-27-2)19-10-18-8-16(6-7-22(18)29-13-19)9-23-30-31-25-34(23)32-24(35-25)21(26)11-20-14-28-15-33(20)3/h6-8,10-15,17H,4-5,9,26H2,1-3H3/b21-11-,27-12?. The Morgan fingerprint density at radius 1 is 1.23 bits per heavy atom. The van der Waals surface area contributed by atoms with Crippen LogP contribution in [0.3, 0.4) is 0 Å². The normalized spacial score (nSPS) is 13.4. The van der Waals surface area contributed by atoms with Crippen molar-refractivity contribution in [2.24, 2.45) is 17.8 Å². The molecule has 1 atom stereocenters. The summed E-state index contributed by atoms with van der Waals surface area (Å²) in [6, 6.07) is 8.52. The second-order valence-electron chi connectivity index (χ2n) is 8.52. The van der Waals surface area contributed by atoms with Crippen molar-refractivity contribution in [3.05, 3.63) is 70.6 Å². The average Bonchev–Trinajstić information content (AvgIpc) is 3.56. The van der Waals surface area contributed by atoms with E-state index in [0.717, 1.165) is 40.8 Å². The lowest BCUT2D eigenvalue weighted by Gasteiger charge is -2.12. The van der Waals surface area contributed by atoms with Crippen molar-refractivity contribution in [1.29, 1.82) is 0 Å². The zero-order valence-electron chi connectivity index (χ0n) is 20.0. The van der Waals surface area contributed by atoms with Gasteiger partial charge in [0.15, 0.2) is 10.8 Å². The summed E-state index contributed by atoms with van der Waals surface area (Å²) in [4.78, 5) is 13.8. The topological polar surface area (TPSA) is 112 Å². The van der Waals surface area contributed by atoms with Crippen molar-refractivity contribution in [1.82, 2.24) is 34.3 Å². The fourth-order valence-electron chi connectivity index (χ4n) is 4.12. The molecule has 1 aromatic carbocycles. The van der Waals surface area contributed by atoms with Crippen LogP contribution in [0.25, 0.3) is 27.6 Å². The molecule has 5 rings (SSSR count). The van der Waals surface area contributed by atoms with Gasteiger partial charge < -0.3 is 15.3 Å². The van der Waals surface area contributed by atoms with Crippen molar-refractivity contribution in [2.45, 2.75) is 32.1 Å². The van der Waals surface area contributed by atoms with E-state index in [1.54, 1.807) is 17.0 Å². The number of nitrogens with two attached hydrogens (primary N) is 1. The van der Waals surface area contributed by atoms with Crippen LogP contribution in [0.1, 0.15) is 53.3 Å². The minimum atomic E-state index is 0.278. The van der Waals surface area contributed by atoms with Crippen molar-refractivity contribution in [3.63, 3.8) is 0 Å². The summed E-state index contributed by atoms with van der Waals surface area (Å²) in [5.74, 6) is 1.04. The minimum Gasteiger partial charge on any atom is -0.396 e. The number of pyridine rings is 1. The Balaban J connectivity index is 1.43. The molecule has 9 nitrogen and oxygen atoms in total. The summed E-state index contributed by atoms with van der Waals surface area (Å²) in [6.07, 6.45) is 12.1. The average molecular weight is 486 g/mol. The van der Waals surface area contributed by atoms with Crippen LogP contribution in [-0.2, 0) is 13.5 Å². The van der Waals surface area contributed by atoms with Gasteiger partial charge in [-0.3, -0.25) is 4.98 Å². The fraction of sp³-hybridized carbons (Fsp3) is 0.280. The van der Waals surface area contributed by atoms with Crippen molar-refractivity contribution < 1.29 is 0 Å². The van der Waals surface area contributed by atoms with E-state index in [1.807, 2.05) is 37.1 Å². The van der Waals surface area contributed by atoms with Crippen LogP contribution in [0.15, 0.2) is 48.0 Å². The van der Waals surface area contributed by atoms with E-state index in [9.17, 15) is 0 Å². The maximum Gasteiger partial charge on any atom is 0.235 e. The number of fused-ring (bicyclic) bond motifs is 2. The molecule has 0 aliphatic carbocycles. The molecule has 0 bridgehead atoms. The molecule has 5 aromatic rings. The predicted octanol–water partition coefficient (Wildman–Crippen LogP) is 4.10. The molecule has 0 radical (unpaired) electrons. The first kappa shape index (κ1) is 22.9. The lowest BCUT2D eigenvalue weighted by atomic mass is 9.95. The molecule has 0 spiro atoms. The highest BCUT2D eigenvalue weighted by molar-refractivity contribution is 7.17. The highest BCUT2D eigenvalue weighted by atomic mass is 32.1. The molecule has 178 valence electrons. The second-order valence-corrected chi connectivity index (χ2v) is 9.48. The largest absolute Gasteiger partial charge is 0.396 e. The van der Waals surface area contributed by atoms with E-state index >= 15 is 0 Å². The van der Waals surface area contributed by atoms with Crippen LogP contribution in [0, 0.1) is 0 Å². The molecule has 0 saturated heterocycles. The van der Waals surface area contributed by atoms with Gasteiger partial charge in [0.2, 0.25) is 4.96 Å². The smallest absolute Gasteiger partial charge is 0.235 e. The third kappa shape index (κ3) is 4.69. The Labute approximate surface area is 207 Å². The number of benzene rings is 1. The number of aliphatic imine (C=N–C) groups is 1. The predicted molar refractivity (Wildman–Crippen MR) is 141 cm³/mol. The zero-order valence-corrected chi connectivity index (χ0v) is 20.8. The number of hydrogen-bond acceptors (Lipinski definition) is 8. The molecule has 2 N–H and O–H groups in total. The molecule has 1 unspecified atom stereocenters. The lowest BCUT2D eigenvalue weighted by molar-refractivity contribution is 0.752. The first-order chi connectivity index (χ1) is 17.1. The maximum atomic E-state index is 6.31. The summed E-state index contributed by atoms with van der Waals surface area (Å²) in [7, 11) is 3.74. The molecule has 35 heavy (non-hydrogen) atoms. The Bertz CT molecular complexity index is 1540. The number of nitrogens with zero attached hydrogens (tertiary/aromatic N) is 8. The van der Waals surface area contributed by atoms with Crippen LogP contribution in [0.4, 0.5) is 0 Å². The summed E-state index contributed by atoms with van der Waals surface area (Å²) in [5, 5.41) is 15.2. The molecular formula is C25H27N9S. The quantitative estimate of drug-likeness (QED) is 0.331. The Morgan fingerprint density at radius 3 is 2.89 bits per heavy atom. The van der Waals surface area contributed by atoms with Gasteiger partial charge >= 0.3 is 0 Å². The molecule has 4 heterocycles. The van der Waals surface area contributed by atoms with Gasteiger partial charge in [0.05, 0.1) is 29.4 Å². The van der Waals surface area contributed by atoms with Crippen LogP contribution in [0.5, 0.6) is 0 Å². The molecule has 0 amide bonds. The Hall–Kier alpha value is -3.92. The molecule has 0 fully saturated rings. The van der Waals surface area contributed by atoms with E-state index in [0.29, 0.717) is 22.1 Å². The molecule has 4 aromatic heterocycles. The van der Waals surface area contributed by atoms with E-state index < -0.39 is 0 Å². The van der Waals surface area contributed by atoms with Gasteiger partial charge in [-0.05, 0) is 41.8 Å². The van der Waals surface area contributed by atoms with Gasteiger partial charge in [0.25, 0.3) is 0 Å². The molecule has 0 aliphatic heterocycles. The summed E-state index contributed by atoms with van der Waals surface area (Å²) in [6.45, 7) is 2.19. The van der Waals surface area contributed by atoms with Crippen LogP contribution < -0.4 is 5.73 Å². The number of hydrogen-bond donors (Lipinski definition) is 1. The number of imidazole rings is 1. The highest BCUT2D eigenvalue weighted by Gasteiger charge is 2.15. The Morgan fingerprint density at radius 2 is 2.11 bits per heavy atom. The zero-order chi connectivity index (χ0) is 24.4. The van der Waals surface area contributed by atoms with E-state index in [2.05, 4.69) is 61.4 Å². The van der Waals surface area contributed by atoms with Crippen LogP contribution in [-0.4, -0.2) is 47.6 Å². The van der Waals surface area contributed by atoms with Crippen molar-refractivity contribution in [3.8, 4) is 0 Å². The van der Waals surface area contributed by atoms with E-state index in [4.69, 9.17) is 5.73 Å². The second kappa shape index (κ2) is 9.75.